The number of aromatic nitrogens is 5. The summed E-state index contributed by atoms with van der Waals surface area (Å²) >= 11 is 3.10. The van der Waals surface area contributed by atoms with Crippen molar-refractivity contribution in [3.63, 3.8) is 0 Å². The summed E-state index contributed by atoms with van der Waals surface area (Å²) in [4.78, 5) is 18.0. The number of benzene rings is 1. The predicted molar refractivity (Wildman–Crippen MR) is 136 cm³/mol. The zero-order chi connectivity index (χ0) is 23.5. The minimum atomic E-state index is -0.0312. The fourth-order valence-electron chi connectivity index (χ4n) is 4.46. The van der Waals surface area contributed by atoms with E-state index in [9.17, 15) is 4.79 Å². The molecule has 0 unspecified atom stereocenters. The second kappa shape index (κ2) is 10.2. The molecule has 1 aliphatic carbocycles. The molecule has 0 radical (unpaired) electrons. The summed E-state index contributed by atoms with van der Waals surface area (Å²) in [6, 6.07) is 9.92. The van der Waals surface area contributed by atoms with Gasteiger partial charge in [0.15, 0.2) is 15.9 Å². The maximum Gasteiger partial charge on any atom is 0.258 e. The standard InChI is InChI=1S/C24H28N6O2S2/c1-16-14-33-23-26-18(12-22(31)29(16)23)15-34-24-28-27-21(30(24)19-8-4-3-5-9-19)13-25-17-7-6-10-20(11-17)32-2/h6-7,10-12,14,19,25H,3-5,8-9,13,15H2,1-2H3. The summed E-state index contributed by atoms with van der Waals surface area (Å²) in [5, 5.41) is 15.4. The fraction of sp³-hybridized carbons (Fsp3) is 0.417. The van der Waals surface area contributed by atoms with Crippen molar-refractivity contribution < 1.29 is 4.74 Å². The Morgan fingerprint density at radius 2 is 2.06 bits per heavy atom. The van der Waals surface area contributed by atoms with Crippen molar-refractivity contribution in [2.45, 2.75) is 62.5 Å². The molecule has 178 valence electrons. The number of ether oxygens (including phenoxy) is 1. The topological polar surface area (TPSA) is 86.3 Å². The van der Waals surface area contributed by atoms with Crippen LogP contribution in [0, 0.1) is 6.92 Å². The number of fused-ring (bicyclic) bond motifs is 1. The first-order valence-electron chi connectivity index (χ1n) is 11.5. The lowest BCUT2D eigenvalue weighted by molar-refractivity contribution is 0.330. The molecule has 1 N–H and O–H groups in total. The first kappa shape index (κ1) is 22.9. The number of nitrogens with zero attached hydrogens (tertiary/aromatic N) is 5. The Balaban J connectivity index is 1.37. The molecule has 1 saturated carbocycles. The summed E-state index contributed by atoms with van der Waals surface area (Å²) in [5.41, 5.74) is 2.64. The van der Waals surface area contributed by atoms with Crippen molar-refractivity contribution in [2.75, 3.05) is 12.4 Å². The van der Waals surface area contributed by atoms with Crippen LogP contribution in [0.1, 0.15) is 55.4 Å². The highest BCUT2D eigenvalue weighted by atomic mass is 32.2. The van der Waals surface area contributed by atoms with Crippen molar-refractivity contribution in [3.05, 3.63) is 63.3 Å². The summed E-state index contributed by atoms with van der Waals surface area (Å²) in [6.07, 6.45) is 6.01. The van der Waals surface area contributed by atoms with E-state index < -0.39 is 0 Å². The summed E-state index contributed by atoms with van der Waals surface area (Å²) in [6.45, 7) is 2.51. The largest absolute Gasteiger partial charge is 0.497 e. The van der Waals surface area contributed by atoms with Crippen LogP contribution in [0.3, 0.4) is 0 Å². The Morgan fingerprint density at radius 3 is 2.88 bits per heavy atom. The number of hydrogen-bond acceptors (Lipinski definition) is 8. The molecule has 0 amide bonds. The first-order chi connectivity index (χ1) is 16.6. The molecule has 1 fully saturated rings. The van der Waals surface area contributed by atoms with Gasteiger partial charge in [0.25, 0.3) is 5.56 Å². The number of methoxy groups -OCH3 is 1. The molecule has 8 nitrogen and oxygen atoms in total. The maximum atomic E-state index is 12.5. The lowest BCUT2D eigenvalue weighted by Crippen LogP contribution is -2.18. The molecule has 3 aromatic heterocycles. The van der Waals surface area contributed by atoms with Crippen LogP contribution >= 0.6 is 23.1 Å². The third kappa shape index (κ3) is 4.83. The third-order valence-electron chi connectivity index (χ3n) is 6.17. The molecule has 34 heavy (non-hydrogen) atoms. The van der Waals surface area contributed by atoms with Crippen molar-refractivity contribution in [3.8, 4) is 5.75 Å². The molecule has 0 saturated heterocycles. The van der Waals surface area contributed by atoms with Crippen molar-refractivity contribution in [2.24, 2.45) is 0 Å². The molecule has 0 aliphatic heterocycles. The van der Waals surface area contributed by atoms with Gasteiger partial charge >= 0.3 is 0 Å². The van der Waals surface area contributed by atoms with Gasteiger partial charge in [-0.3, -0.25) is 9.20 Å². The van der Waals surface area contributed by atoms with E-state index in [1.807, 2.05) is 36.6 Å². The van der Waals surface area contributed by atoms with Crippen LogP contribution in [0.15, 0.2) is 45.7 Å². The highest BCUT2D eigenvalue weighted by Crippen LogP contribution is 2.33. The average Bonchev–Trinajstić information content (AvgIpc) is 3.45. The van der Waals surface area contributed by atoms with Crippen molar-refractivity contribution in [1.82, 2.24) is 24.1 Å². The van der Waals surface area contributed by atoms with E-state index in [4.69, 9.17) is 9.72 Å². The van der Waals surface area contributed by atoms with Gasteiger partial charge in [-0.1, -0.05) is 37.1 Å². The monoisotopic (exact) mass is 496 g/mol. The van der Waals surface area contributed by atoms with Gasteiger partial charge in [-0.25, -0.2) is 4.98 Å². The van der Waals surface area contributed by atoms with Crippen LogP contribution in [0.4, 0.5) is 5.69 Å². The quantitative estimate of drug-likeness (QED) is 0.341. The predicted octanol–water partition coefficient (Wildman–Crippen LogP) is 5.07. The van der Waals surface area contributed by atoms with Gasteiger partial charge in [-0.15, -0.1) is 21.5 Å². The first-order valence-corrected chi connectivity index (χ1v) is 13.4. The number of hydrogen-bond donors (Lipinski definition) is 1. The molecule has 4 aromatic rings. The van der Waals surface area contributed by atoms with Crippen molar-refractivity contribution in [1.29, 1.82) is 0 Å². The minimum Gasteiger partial charge on any atom is -0.497 e. The van der Waals surface area contributed by atoms with Gasteiger partial charge in [0.05, 0.1) is 19.3 Å². The average molecular weight is 497 g/mol. The number of nitrogens with one attached hydrogen (secondary N) is 1. The molecule has 1 aromatic carbocycles. The van der Waals surface area contributed by atoms with Crippen LogP contribution in [-0.2, 0) is 12.3 Å². The zero-order valence-electron chi connectivity index (χ0n) is 19.4. The molecule has 10 heteroatoms. The molecule has 0 spiro atoms. The molecular weight excluding hydrogens is 468 g/mol. The van der Waals surface area contributed by atoms with E-state index in [-0.39, 0.29) is 5.56 Å². The Bertz CT molecular complexity index is 1340. The van der Waals surface area contributed by atoms with Gasteiger partial charge in [0.1, 0.15) is 5.75 Å². The maximum absolute atomic E-state index is 12.5. The normalized spacial score (nSPS) is 14.5. The van der Waals surface area contributed by atoms with Gasteiger partial charge in [0, 0.05) is 40.7 Å². The lowest BCUT2D eigenvalue weighted by Gasteiger charge is -2.25. The number of anilines is 1. The van der Waals surface area contributed by atoms with E-state index >= 15 is 0 Å². The van der Waals surface area contributed by atoms with Crippen LogP contribution in [0.5, 0.6) is 5.75 Å². The Labute approximate surface area is 206 Å². The number of rotatable bonds is 8. The van der Waals surface area contributed by atoms with Crippen LogP contribution in [-0.4, -0.2) is 31.3 Å². The van der Waals surface area contributed by atoms with Gasteiger partial charge in [0.2, 0.25) is 0 Å². The molecule has 0 atom stereocenters. The molecule has 1 aliphatic rings. The molecule has 0 bridgehead atoms. The Kier molecular flexibility index (Phi) is 6.87. The van der Waals surface area contributed by atoms with E-state index in [2.05, 4.69) is 20.1 Å². The third-order valence-corrected chi connectivity index (χ3v) is 8.09. The van der Waals surface area contributed by atoms with Gasteiger partial charge in [-0.05, 0) is 31.9 Å². The molecule has 5 rings (SSSR count). The van der Waals surface area contributed by atoms with Crippen LogP contribution in [0.2, 0.25) is 0 Å². The van der Waals surface area contributed by atoms with E-state index in [0.29, 0.717) is 18.3 Å². The van der Waals surface area contributed by atoms with Gasteiger partial charge in [-0.2, -0.15) is 0 Å². The number of thiazole rings is 1. The molecular formula is C24H28N6O2S2. The van der Waals surface area contributed by atoms with E-state index in [1.54, 1.807) is 29.3 Å². The van der Waals surface area contributed by atoms with Gasteiger partial charge < -0.3 is 14.6 Å². The lowest BCUT2D eigenvalue weighted by atomic mass is 9.95. The van der Waals surface area contributed by atoms with E-state index in [0.717, 1.165) is 51.6 Å². The second-order valence-electron chi connectivity index (χ2n) is 8.52. The van der Waals surface area contributed by atoms with Crippen molar-refractivity contribution >= 4 is 33.7 Å². The second-order valence-corrected chi connectivity index (χ2v) is 10.3. The summed E-state index contributed by atoms with van der Waals surface area (Å²) in [5.74, 6) is 2.32. The van der Waals surface area contributed by atoms with Crippen LogP contribution < -0.4 is 15.6 Å². The SMILES string of the molecule is COc1cccc(NCc2nnc(SCc3cc(=O)n4c(C)csc4n3)n2C2CCCCC2)c1. The summed E-state index contributed by atoms with van der Waals surface area (Å²) in [7, 11) is 1.67. The number of thioether (sulfide) groups is 1. The van der Waals surface area contributed by atoms with Crippen LogP contribution in [0.25, 0.3) is 4.96 Å². The minimum absolute atomic E-state index is 0.0312. The fourth-order valence-corrected chi connectivity index (χ4v) is 6.27. The summed E-state index contributed by atoms with van der Waals surface area (Å²) < 4.78 is 9.30. The molecule has 3 heterocycles. The Morgan fingerprint density at radius 1 is 1.21 bits per heavy atom. The van der Waals surface area contributed by atoms with E-state index in [1.165, 1.54) is 30.6 Å². The smallest absolute Gasteiger partial charge is 0.258 e. The highest BCUT2D eigenvalue weighted by molar-refractivity contribution is 7.98. The highest BCUT2D eigenvalue weighted by Gasteiger charge is 2.23. The zero-order valence-corrected chi connectivity index (χ0v) is 21.0. The Hall–Kier alpha value is -2.85. The number of aryl methyl sites for hydroxylation is 1.